The zero-order chi connectivity index (χ0) is 19.9. The summed E-state index contributed by atoms with van der Waals surface area (Å²) in [6.45, 7) is 1.50. The van der Waals surface area contributed by atoms with Crippen LogP contribution < -0.4 is 10.6 Å². The molecule has 0 aliphatic heterocycles. The summed E-state index contributed by atoms with van der Waals surface area (Å²) in [6.07, 6.45) is 5.21. The summed E-state index contributed by atoms with van der Waals surface area (Å²) in [5, 5.41) is 6.82. The van der Waals surface area contributed by atoms with E-state index in [1.165, 1.54) is 17.8 Å². The summed E-state index contributed by atoms with van der Waals surface area (Å²) in [5.41, 5.74) is 2.81. The molecule has 0 spiro atoms. The van der Waals surface area contributed by atoms with Crippen molar-refractivity contribution in [2.75, 3.05) is 6.61 Å². The lowest BCUT2D eigenvalue weighted by atomic mass is 9.96. The summed E-state index contributed by atoms with van der Waals surface area (Å²) in [4.78, 5) is 36.6. The van der Waals surface area contributed by atoms with Crippen LogP contribution in [0.1, 0.15) is 47.3 Å². The molecule has 1 aliphatic carbocycles. The minimum absolute atomic E-state index is 0.104. The van der Waals surface area contributed by atoms with E-state index in [-0.39, 0.29) is 6.04 Å². The van der Waals surface area contributed by atoms with Crippen LogP contribution in [0.2, 0.25) is 0 Å². The number of carbonyl (C=O) groups excluding carboxylic acids is 3. The van der Waals surface area contributed by atoms with Crippen LogP contribution in [0.15, 0.2) is 35.7 Å². The van der Waals surface area contributed by atoms with Crippen molar-refractivity contribution in [2.24, 2.45) is 0 Å². The van der Waals surface area contributed by atoms with Crippen molar-refractivity contribution in [3.8, 4) is 11.1 Å². The van der Waals surface area contributed by atoms with E-state index in [0.29, 0.717) is 4.88 Å². The molecule has 0 unspecified atom stereocenters. The monoisotopic (exact) mass is 400 g/mol. The molecule has 1 aromatic heterocycles. The fraction of sp³-hybridized carbons (Fsp3) is 0.381. The molecule has 0 bridgehead atoms. The third kappa shape index (κ3) is 5.42. The number of amides is 3. The molecular weight excluding hydrogens is 376 g/mol. The number of ether oxygens (including phenoxy) is 1. The van der Waals surface area contributed by atoms with E-state index < -0.39 is 24.5 Å². The average molecular weight is 401 g/mol. The van der Waals surface area contributed by atoms with Crippen molar-refractivity contribution in [3.63, 3.8) is 0 Å². The number of carbonyl (C=O) groups is 3. The highest BCUT2D eigenvalue weighted by atomic mass is 32.1. The van der Waals surface area contributed by atoms with E-state index in [1.54, 1.807) is 0 Å². The van der Waals surface area contributed by atoms with Gasteiger partial charge >= 0.3 is 12.0 Å². The van der Waals surface area contributed by atoms with Gasteiger partial charge in [0.15, 0.2) is 6.61 Å². The molecule has 1 heterocycles. The van der Waals surface area contributed by atoms with Crippen molar-refractivity contribution < 1.29 is 19.1 Å². The highest BCUT2D eigenvalue weighted by Crippen LogP contribution is 2.29. The molecule has 1 saturated carbocycles. The minimum Gasteiger partial charge on any atom is -0.451 e. The SMILES string of the molecule is Cc1ccc(-c2ccsc2C(=O)OCC(=O)NC(=O)NC2CCCCC2)cc1. The Balaban J connectivity index is 1.50. The first-order valence-corrected chi connectivity index (χ1v) is 10.3. The van der Waals surface area contributed by atoms with E-state index in [2.05, 4.69) is 10.6 Å². The van der Waals surface area contributed by atoms with Gasteiger partial charge in [-0.25, -0.2) is 9.59 Å². The second-order valence-corrected chi connectivity index (χ2v) is 7.88. The van der Waals surface area contributed by atoms with Crippen LogP contribution in [-0.2, 0) is 9.53 Å². The highest BCUT2D eigenvalue weighted by Gasteiger charge is 2.20. The molecule has 1 aromatic carbocycles. The number of imide groups is 1. The molecule has 28 heavy (non-hydrogen) atoms. The second kappa shape index (κ2) is 9.50. The molecule has 148 valence electrons. The van der Waals surface area contributed by atoms with Crippen molar-refractivity contribution in [1.29, 1.82) is 0 Å². The third-order valence-electron chi connectivity index (χ3n) is 4.74. The maximum Gasteiger partial charge on any atom is 0.349 e. The number of hydrogen-bond acceptors (Lipinski definition) is 5. The first-order chi connectivity index (χ1) is 13.5. The topological polar surface area (TPSA) is 84.5 Å². The Morgan fingerprint density at radius 3 is 2.50 bits per heavy atom. The largest absolute Gasteiger partial charge is 0.451 e. The lowest BCUT2D eigenvalue weighted by Gasteiger charge is -2.22. The number of aryl methyl sites for hydroxylation is 1. The van der Waals surface area contributed by atoms with Gasteiger partial charge in [-0.2, -0.15) is 0 Å². The Kier molecular flexibility index (Phi) is 6.81. The van der Waals surface area contributed by atoms with Crippen molar-refractivity contribution in [1.82, 2.24) is 10.6 Å². The zero-order valence-corrected chi connectivity index (χ0v) is 16.6. The quantitative estimate of drug-likeness (QED) is 0.742. The standard InChI is InChI=1S/C21H24N2O4S/c1-14-7-9-15(10-8-14)17-11-12-28-19(17)20(25)27-13-18(24)23-21(26)22-16-5-3-2-4-6-16/h7-12,16H,2-6,13H2,1H3,(H2,22,23,24,26). The van der Waals surface area contributed by atoms with Crippen LogP contribution in [0.25, 0.3) is 11.1 Å². The van der Waals surface area contributed by atoms with Gasteiger partial charge in [-0.3, -0.25) is 10.1 Å². The molecule has 2 aromatic rings. The van der Waals surface area contributed by atoms with Crippen LogP contribution in [0, 0.1) is 6.92 Å². The number of thiophene rings is 1. The number of hydrogen-bond donors (Lipinski definition) is 2. The molecule has 0 saturated heterocycles. The maximum absolute atomic E-state index is 12.4. The predicted octanol–water partition coefficient (Wildman–Crippen LogP) is 4.04. The maximum atomic E-state index is 12.4. The molecular formula is C21H24N2O4S. The van der Waals surface area contributed by atoms with Crippen LogP contribution in [-0.4, -0.2) is 30.6 Å². The fourth-order valence-corrected chi connectivity index (χ4v) is 4.06. The molecule has 0 atom stereocenters. The Morgan fingerprint density at radius 2 is 1.79 bits per heavy atom. The molecule has 1 aliphatic rings. The van der Waals surface area contributed by atoms with Crippen LogP contribution in [0.4, 0.5) is 4.79 Å². The summed E-state index contributed by atoms with van der Waals surface area (Å²) >= 11 is 1.26. The van der Waals surface area contributed by atoms with E-state index >= 15 is 0 Å². The van der Waals surface area contributed by atoms with Gasteiger partial charge in [0, 0.05) is 11.6 Å². The average Bonchev–Trinajstić information content (AvgIpc) is 3.17. The molecule has 6 nitrogen and oxygen atoms in total. The van der Waals surface area contributed by atoms with Crippen molar-refractivity contribution in [3.05, 3.63) is 46.2 Å². The van der Waals surface area contributed by atoms with Gasteiger partial charge in [-0.1, -0.05) is 49.1 Å². The Hall–Kier alpha value is -2.67. The molecule has 2 N–H and O–H groups in total. The predicted molar refractivity (Wildman–Crippen MR) is 108 cm³/mol. The number of benzene rings is 1. The third-order valence-corrected chi connectivity index (χ3v) is 5.64. The summed E-state index contributed by atoms with van der Waals surface area (Å²) < 4.78 is 5.10. The molecule has 3 amide bonds. The first kappa shape index (κ1) is 20.1. The van der Waals surface area contributed by atoms with E-state index in [4.69, 9.17) is 4.74 Å². The molecule has 7 heteroatoms. The lowest BCUT2D eigenvalue weighted by molar-refractivity contribution is -0.123. The summed E-state index contributed by atoms with van der Waals surface area (Å²) in [5.74, 6) is -1.22. The van der Waals surface area contributed by atoms with Gasteiger partial charge in [0.25, 0.3) is 5.91 Å². The van der Waals surface area contributed by atoms with Gasteiger partial charge in [0.2, 0.25) is 0 Å². The van der Waals surface area contributed by atoms with Gasteiger partial charge in [-0.15, -0.1) is 11.3 Å². The number of urea groups is 1. The fourth-order valence-electron chi connectivity index (χ4n) is 3.26. The van der Waals surface area contributed by atoms with E-state index in [1.807, 2.05) is 42.6 Å². The van der Waals surface area contributed by atoms with Crippen LogP contribution in [0.5, 0.6) is 0 Å². The van der Waals surface area contributed by atoms with Crippen molar-refractivity contribution >= 4 is 29.2 Å². The first-order valence-electron chi connectivity index (χ1n) is 9.45. The van der Waals surface area contributed by atoms with Crippen molar-refractivity contribution in [2.45, 2.75) is 45.1 Å². The number of rotatable bonds is 5. The Bertz CT molecular complexity index is 838. The normalized spacial score (nSPS) is 14.3. The van der Waals surface area contributed by atoms with E-state index in [0.717, 1.165) is 42.4 Å². The molecule has 0 radical (unpaired) electrons. The Morgan fingerprint density at radius 1 is 1.07 bits per heavy atom. The highest BCUT2D eigenvalue weighted by molar-refractivity contribution is 7.12. The number of esters is 1. The molecule has 3 rings (SSSR count). The number of nitrogens with one attached hydrogen (secondary N) is 2. The summed E-state index contributed by atoms with van der Waals surface area (Å²) in [7, 11) is 0. The second-order valence-electron chi connectivity index (χ2n) is 6.96. The van der Waals surface area contributed by atoms with Gasteiger partial charge in [0.1, 0.15) is 4.88 Å². The van der Waals surface area contributed by atoms with E-state index in [9.17, 15) is 14.4 Å². The molecule has 1 fully saturated rings. The lowest BCUT2D eigenvalue weighted by Crippen LogP contribution is -2.46. The smallest absolute Gasteiger partial charge is 0.349 e. The zero-order valence-electron chi connectivity index (χ0n) is 15.8. The minimum atomic E-state index is -0.643. The van der Waals surface area contributed by atoms with Gasteiger partial charge in [0.05, 0.1) is 0 Å². The van der Waals surface area contributed by atoms with Gasteiger partial charge in [-0.05, 0) is 36.8 Å². The van der Waals surface area contributed by atoms with Crippen LogP contribution >= 0.6 is 11.3 Å². The van der Waals surface area contributed by atoms with Crippen LogP contribution in [0.3, 0.4) is 0 Å². The summed E-state index contributed by atoms with van der Waals surface area (Å²) in [6, 6.07) is 9.24. The van der Waals surface area contributed by atoms with Gasteiger partial charge < -0.3 is 10.1 Å². The Labute approximate surface area is 168 Å².